The predicted molar refractivity (Wildman–Crippen MR) is 33.8 cm³/mol. The molecule has 0 saturated heterocycles. The monoisotopic (exact) mass is 127 g/mol. The van der Waals surface area contributed by atoms with Crippen molar-refractivity contribution in [3.63, 3.8) is 0 Å². The molecule has 0 saturated carbocycles. The Morgan fingerprint density at radius 3 is 2.89 bits per heavy atom. The second-order valence-electron chi connectivity index (χ2n) is 2.12. The standard InChI is InChI=1S/C6H9NO2/c8-6(9)5-3-1-2-4-7-5/h4-5H,1-3H2,(H,8,9)/t5-/m0/s1. The van der Waals surface area contributed by atoms with Gasteiger partial charge in [-0.05, 0) is 25.5 Å². The van der Waals surface area contributed by atoms with Gasteiger partial charge < -0.3 is 5.11 Å². The van der Waals surface area contributed by atoms with Crippen LogP contribution >= 0.6 is 0 Å². The lowest BCUT2D eigenvalue weighted by molar-refractivity contribution is -0.138. The molecule has 0 aromatic heterocycles. The van der Waals surface area contributed by atoms with Crippen LogP contribution in [0.4, 0.5) is 0 Å². The van der Waals surface area contributed by atoms with Gasteiger partial charge in [-0.15, -0.1) is 0 Å². The van der Waals surface area contributed by atoms with E-state index in [9.17, 15) is 4.79 Å². The Kier molecular flexibility index (Phi) is 1.82. The third-order valence-corrected chi connectivity index (χ3v) is 1.38. The van der Waals surface area contributed by atoms with Crippen LogP contribution < -0.4 is 0 Å². The highest BCUT2D eigenvalue weighted by Gasteiger charge is 2.16. The zero-order valence-electron chi connectivity index (χ0n) is 5.08. The molecular formula is C6H9NO2. The Balaban J connectivity index is 2.50. The molecule has 9 heavy (non-hydrogen) atoms. The third-order valence-electron chi connectivity index (χ3n) is 1.38. The van der Waals surface area contributed by atoms with Crippen molar-refractivity contribution in [1.29, 1.82) is 0 Å². The second-order valence-corrected chi connectivity index (χ2v) is 2.12. The van der Waals surface area contributed by atoms with Crippen molar-refractivity contribution in [2.75, 3.05) is 0 Å². The first kappa shape index (κ1) is 6.26. The van der Waals surface area contributed by atoms with E-state index in [4.69, 9.17) is 5.11 Å². The number of hydrogen-bond acceptors (Lipinski definition) is 2. The molecule has 1 heterocycles. The Morgan fingerprint density at radius 2 is 2.56 bits per heavy atom. The molecular weight excluding hydrogens is 118 g/mol. The van der Waals surface area contributed by atoms with Crippen LogP contribution in [0.25, 0.3) is 0 Å². The summed E-state index contributed by atoms with van der Waals surface area (Å²) in [6.45, 7) is 0. The Hall–Kier alpha value is -0.860. The minimum Gasteiger partial charge on any atom is -0.480 e. The number of nitrogens with zero attached hydrogens (tertiary/aromatic N) is 1. The van der Waals surface area contributed by atoms with Gasteiger partial charge in [-0.3, -0.25) is 4.99 Å². The van der Waals surface area contributed by atoms with Crippen molar-refractivity contribution in [3.05, 3.63) is 0 Å². The molecule has 1 rings (SSSR count). The zero-order chi connectivity index (χ0) is 6.69. The van der Waals surface area contributed by atoms with Crippen LogP contribution in [0, 0.1) is 0 Å². The summed E-state index contributed by atoms with van der Waals surface area (Å²) >= 11 is 0. The van der Waals surface area contributed by atoms with Gasteiger partial charge in [0, 0.05) is 0 Å². The molecule has 1 N–H and O–H groups in total. The van der Waals surface area contributed by atoms with Crippen molar-refractivity contribution in [3.8, 4) is 0 Å². The maximum Gasteiger partial charge on any atom is 0.328 e. The van der Waals surface area contributed by atoms with E-state index in [2.05, 4.69) is 4.99 Å². The van der Waals surface area contributed by atoms with Gasteiger partial charge in [0.2, 0.25) is 0 Å². The van der Waals surface area contributed by atoms with E-state index < -0.39 is 12.0 Å². The van der Waals surface area contributed by atoms with E-state index in [1.807, 2.05) is 0 Å². The molecule has 0 unspecified atom stereocenters. The van der Waals surface area contributed by atoms with E-state index in [0.717, 1.165) is 12.8 Å². The summed E-state index contributed by atoms with van der Waals surface area (Å²) in [7, 11) is 0. The molecule has 1 aliphatic heterocycles. The van der Waals surface area contributed by atoms with Gasteiger partial charge in [0.25, 0.3) is 0 Å². The van der Waals surface area contributed by atoms with E-state index in [-0.39, 0.29) is 0 Å². The lowest BCUT2D eigenvalue weighted by Crippen LogP contribution is -2.20. The highest BCUT2D eigenvalue weighted by Crippen LogP contribution is 2.08. The number of carbonyl (C=O) groups is 1. The molecule has 3 nitrogen and oxygen atoms in total. The SMILES string of the molecule is O=C(O)[C@@H]1CCCC=N1. The molecule has 0 amide bonds. The lowest BCUT2D eigenvalue weighted by atomic mass is 10.1. The molecule has 0 aromatic rings. The Labute approximate surface area is 53.4 Å². The first-order valence-corrected chi connectivity index (χ1v) is 3.05. The van der Waals surface area contributed by atoms with Gasteiger partial charge in [-0.1, -0.05) is 0 Å². The summed E-state index contributed by atoms with van der Waals surface area (Å²) < 4.78 is 0. The highest BCUT2D eigenvalue weighted by molar-refractivity contribution is 5.76. The smallest absolute Gasteiger partial charge is 0.328 e. The van der Waals surface area contributed by atoms with Gasteiger partial charge in [0.15, 0.2) is 0 Å². The molecule has 0 aromatic carbocycles. The van der Waals surface area contributed by atoms with Crippen LogP contribution in [0.15, 0.2) is 4.99 Å². The minimum atomic E-state index is -0.800. The topological polar surface area (TPSA) is 49.7 Å². The Morgan fingerprint density at radius 1 is 1.78 bits per heavy atom. The van der Waals surface area contributed by atoms with Crippen LogP contribution in [0.3, 0.4) is 0 Å². The highest BCUT2D eigenvalue weighted by atomic mass is 16.4. The Bertz CT molecular complexity index is 142. The van der Waals surface area contributed by atoms with Gasteiger partial charge in [-0.25, -0.2) is 4.79 Å². The molecule has 50 valence electrons. The average molecular weight is 127 g/mol. The van der Waals surface area contributed by atoms with E-state index in [0.29, 0.717) is 6.42 Å². The van der Waals surface area contributed by atoms with Crippen molar-refractivity contribution in [2.45, 2.75) is 25.3 Å². The predicted octanol–water partition coefficient (Wildman–Crippen LogP) is 0.694. The lowest BCUT2D eigenvalue weighted by Gasteiger charge is -2.09. The van der Waals surface area contributed by atoms with Crippen molar-refractivity contribution >= 4 is 12.2 Å². The van der Waals surface area contributed by atoms with E-state index >= 15 is 0 Å². The van der Waals surface area contributed by atoms with Gasteiger partial charge >= 0.3 is 5.97 Å². The van der Waals surface area contributed by atoms with Crippen molar-refractivity contribution < 1.29 is 9.90 Å². The average Bonchev–Trinajstić information content (AvgIpc) is 1.90. The number of aliphatic carboxylic acids is 1. The van der Waals surface area contributed by atoms with Gasteiger partial charge in [0.05, 0.1) is 0 Å². The third kappa shape index (κ3) is 1.52. The summed E-state index contributed by atoms with van der Waals surface area (Å²) in [4.78, 5) is 14.0. The fourth-order valence-corrected chi connectivity index (χ4v) is 0.866. The van der Waals surface area contributed by atoms with Crippen molar-refractivity contribution in [1.82, 2.24) is 0 Å². The molecule has 0 bridgehead atoms. The molecule has 0 spiro atoms. The number of carboxylic acid groups (broad SMARTS) is 1. The number of carboxylic acids is 1. The second kappa shape index (κ2) is 2.62. The first-order chi connectivity index (χ1) is 4.30. The van der Waals surface area contributed by atoms with Crippen LogP contribution in [0.5, 0.6) is 0 Å². The van der Waals surface area contributed by atoms with E-state index in [1.54, 1.807) is 6.21 Å². The zero-order valence-corrected chi connectivity index (χ0v) is 5.08. The fourth-order valence-electron chi connectivity index (χ4n) is 0.866. The molecule has 3 heteroatoms. The first-order valence-electron chi connectivity index (χ1n) is 3.05. The number of rotatable bonds is 1. The maximum absolute atomic E-state index is 10.2. The molecule has 0 fully saturated rings. The maximum atomic E-state index is 10.2. The molecule has 1 aliphatic rings. The van der Waals surface area contributed by atoms with E-state index in [1.165, 1.54) is 0 Å². The summed E-state index contributed by atoms with van der Waals surface area (Å²) in [6, 6.07) is -0.459. The number of hydrogen-bond donors (Lipinski definition) is 1. The largest absolute Gasteiger partial charge is 0.480 e. The number of aliphatic imine (C=N–C) groups is 1. The summed E-state index contributed by atoms with van der Waals surface area (Å²) in [5.74, 6) is -0.800. The van der Waals surface area contributed by atoms with Crippen LogP contribution in [-0.2, 0) is 4.79 Å². The van der Waals surface area contributed by atoms with Crippen LogP contribution in [0.1, 0.15) is 19.3 Å². The summed E-state index contributed by atoms with van der Waals surface area (Å²) in [6.07, 6.45) is 4.29. The fraction of sp³-hybridized carbons (Fsp3) is 0.667. The summed E-state index contributed by atoms with van der Waals surface area (Å²) in [5.41, 5.74) is 0. The quantitative estimate of drug-likeness (QED) is 0.563. The normalized spacial score (nSPS) is 26.0. The molecule has 0 radical (unpaired) electrons. The van der Waals surface area contributed by atoms with Crippen molar-refractivity contribution in [2.24, 2.45) is 4.99 Å². The molecule has 1 atom stereocenters. The van der Waals surface area contributed by atoms with Crippen LogP contribution in [-0.4, -0.2) is 23.3 Å². The molecule has 0 aliphatic carbocycles. The summed E-state index contributed by atoms with van der Waals surface area (Å²) in [5, 5.41) is 8.42. The minimum absolute atomic E-state index is 0.459. The van der Waals surface area contributed by atoms with Gasteiger partial charge in [0.1, 0.15) is 6.04 Å². The van der Waals surface area contributed by atoms with Crippen LogP contribution in [0.2, 0.25) is 0 Å². The van der Waals surface area contributed by atoms with Gasteiger partial charge in [-0.2, -0.15) is 0 Å².